The SMILES string of the molecule is CCC1CC1C(N)c1cncc(F)c1. The Hall–Kier alpha value is -0.960. The summed E-state index contributed by atoms with van der Waals surface area (Å²) in [6, 6.07) is 1.45. The average Bonchev–Trinajstić information content (AvgIpc) is 2.95. The molecule has 1 heterocycles. The van der Waals surface area contributed by atoms with E-state index in [1.165, 1.54) is 25.1 Å². The Morgan fingerprint density at radius 2 is 2.43 bits per heavy atom. The zero-order valence-electron chi connectivity index (χ0n) is 8.28. The van der Waals surface area contributed by atoms with Gasteiger partial charge in [0.25, 0.3) is 0 Å². The van der Waals surface area contributed by atoms with Crippen molar-refractivity contribution in [2.24, 2.45) is 17.6 Å². The first-order chi connectivity index (χ1) is 6.72. The second-order valence-electron chi connectivity index (χ2n) is 4.03. The molecule has 1 aromatic heterocycles. The number of hydrogen-bond acceptors (Lipinski definition) is 2. The van der Waals surface area contributed by atoms with Crippen LogP contribution in [0.15, 0.2) is 18.5 Å². The lowest BCUT2D eigenvalue weighted by Gasteiger charge is -2.10. The van der Waals surface area contributed by atoms with Gasteiger partial charge in [-0.05, 0) is 29.9 Å². The number of rotatable bonds is 3. The summed E-state index contributed by atoms with van der Waals surface area (Å²) in [7, 11) is 0. The fourth-order valence-electron chi connectivity index (χ4n) is 2.04. The van der Waals surface area contributed by atoms with Gasteiger partial charge in [-0.1, -0.05) is 13.3 Å². The lowest BCUT2D eigenvalue weighted by molar-refractivity contribution is 0.555. The first-order valence-corrected chi connectivity index (χ1v) is 5.08. The van der Waals surface area contributed by atoms with E-state index in [1.54, 1.807) is 6.20 Å². The summed E-state index contributed by atoms with van der Waals surface area (Å²) in [6.45, 7) is 2.17. The summed E-state index contributed by atoms with van der Waals surface area (Å²) in [6.07, 6.45) is 5.22. The minimum absolute atomic E-state index is 0.0388. The number of aromatic nitrogens is 1. The maximum absolute atomic E-state index is 12.9. The summed E-state index contributed by atoms with van der Waals surface area (Å²) < 4.78 is 12.9. The van der Waals surface area contributed by atoms with E-state index < -0.39 is 0 Å². The van der Waals surface area contributed by atoms with Crippen LogP contribution in [0.4, 0.5) is 4.39 Å². The minimum atomic E-state index is -0.299. The number of hydrogen-bond donors (Lipinski definition) is 1. The van der Waals surface area contributed by atoms with Gasteiger partial charge in [0, 0.05) is 12.2 Å². The van der Waals surface area contributed by atoms with Crippen LogP contribution in [0.5, 0.6) is 0 Å². The molecule has 0 saturated heterocycles. The van der Waals surface area contributed by atoms with E-state index >= 15 is 0 Å². The molecular formula is C11H15FN2. The van der Waals surface area contributed by atoms with Crippen molar-refractivity contribution >= 4 is 0 Å². The van der Waals surface area contributed by atoms with Crippen molar-refractivity contribution in [2.45, 2.75) is 25.8 Å². The molecule has 2 rings (SSSR count). The summed E-state index contributed by atoms with van der Waals surface area (Å²) >= 11 is 0. The second kappa shape index (κ2) is 3.65. The van der Waals surface area contributed by atoms with Crippen molar-refractivity contribution in [3.63, 3.8) is 0 Å². The van der Waals surface area contributed by atoms with Crippen LogP contribution >= 0.6 is 0 Å². The lowest BCUT2D eigenvalue weighted by Crippen LogP contribution is -2.14. The number of nitrogens with zero attached hydrogens (tertiary/aromatic N) is 1. The molecule has 1 aliphatic carbocycles. The number of halogens is 1. The van der Waals surface area contributed by atoms with Crippen LogP contribution in [0.1, 0.15) is 31.4 Å². The maximum Gasteiger partial charge on any atom is 0.141 e. The van der Waals surface area contributed by atoms with Crippen molar-refractivity contribution < 1.29 is 4.39 Å². The minimum Gasteiger partial charge on any atom is -0.324 e. The Labute approximate surface area is 83.3 Å². The van der Waals surface area contributed by atoms with E-state index in [1.807, 2.05) is 0 Å². The standard InChI is InChI=1S/C11H15FN2/c1-2-7-4-10(7)11(13)8-3-9(12)6-14-5-8/h3,5-7,10-11H,2,4,13H2,1H3. The molecule has 0 spiro atoms. The average molecular weight is 194 g/mol. The predicted molar refractivity (Wildman–Crippen MR) is 53.0 cm³/mol. The third-order valence-corrected chi connectivity index (χ3v) is 3.07. The van der Waals surface area contributed by atoms with Crippen LogP contribution < -0.4 is 5.73 Å². The van der Waals surface area contributed by atoms with Crippen LogP contribution in [0.2, 0.25) is 0 Å². The fourth-order valence-corrected chi connectivity index (χ4v) is 2.04. The van der Waals surface area contributed by atoms with E-state index in [0.717, 1.165) is 11.5 Å². The Kier molecular flexibility index (Phi) is 2.50. The van der Waals surface area contributed by atoms with Crippen molar-refractivity contribution in [1.29, 1.82) is 0 Å². The number of nitrogens with two attached hydrogens (primary N) is 1. The summed E-state index contributed by atoms with van der Waals surface area (Å²) in [5, 5.41) is 0. The molecule has 0 bridgehead atoms. The van der Waals surface area contributed by atoms with E-state index in [4.69, 9.17) is 5.73 Å². The van der Waals surface area contributed by atoms with Crippen molar-refractivity contribution in [2.75, 3.05) is 0 Å². The first-order valence-electron chi connectivity index (χ1n) is 5.08. The number of pyridine rings is 1. The molecule has 1 fully saturated rings. The van der Waals surface area contributed by atoms with Crippen molar-refractivity contribution in [3.8, 4) is 0 Å². The Morgan fingerprint density at radius 1 is 1.64 bits per heavy atom. The Balaban J connectivity index is 2.08. The normalized spacial score (nSPS) is 27.4. The van der Waals surface area contributed by atoms with Gasteiger partial charge in [-0.3, -0.25) is 4.98 Å². The van der Waals surface area contributed by atoms with Gasteiger partial charge in [-0.15, -0.1) is 0 Å². The van der Waals surface area contributed by atoms with Gasteiger partial charge < -0.3 is 5.73 Å². The Morgan fingerprint density at radius 3 is 3.00 bits per heavy atom. The summed E-state index contributed by atoms with van der Waals surface area (Å²) in [4.78, 5) is 3.81. The molecular weight excluding hydrogens is 179 g/mol. The van der Waals surface area contributed by atoms with E-state index in [0.29, 0.717) is 5.92 Å². The zero-order valence-corrected chi connectivity index (χ0v) is 8.28. The molecule has 2 N–H and O–H groups in total. The van der Waals surface area contributed by atoms with Gasteiger partial charge in [0.1, 0.15) is 5.82 Å². The van der Waals surface area contributed by atoms with Crippen LogP contribution in [0.25, 0.3) is 0 Å². The molecule has 1 aliphatic rings. The summed E-state index contributed by atoms with van der Waals surface area (Å²) in [5.74, 6) is 0.962. The largest absolute Gasteiger partial charge is 0.324 e. The Bertz CT molecular complexity index is 327. The van der Waals surface area contributed by atoms with Gasteiger partial charge in [0.05, 0.1) is 6.20 Å². The van der Waals surface area contributed by atoms with Crippen LogP contribution in [0.3, 0.4) is 0 Å². The quantitative estimate of drug-likeness (QED) is 0.801. The van der Waals surface area contributed by atoms with Crippen molar-refractivity contribution in [1.82, 2.24) is 4.98 Å². The van der Waals surface area contributed by atoms with Crippen LogP contribution in [0, 0.1) is 17.7 Å². The predicted octanol–water partition coefficient (Wildman–Crippen LogP) is 2.27. The highest BCUT2D eigenvalue weighted by Crippen LogP contribution is 2.47. The molecule has 2 nitrogen and oxygen atoms in total. The second-order valence-corrected chi connectivity index (χ2v) is 4.03. The van der Waals surface area contributed by atoms with Gasteiger partial charge in [0.15, 0.2) is 0 Å². The lowest BCUT2D eigenvalue weighted by atomic mass is 10.0. The van der Waals surface area contributed by atoms with Gasteiger partial charge in [-0.25, -0.2) is 4.39 Å². The zero-order chi connectivity index (χ0) is 10.1. The monoisotopic (exact) mass is 194 g/mol. The third kappa shape index (κ3) is 1.77. The molecule has 0 aromatic carbocycles. The van der Waals surface area contributed by atoms with Crippen LogP contribution in [-0.4, -0.2) is 4.98 Å². The molecule has 0 amide bonds. The summed E-state index contributed by atoms with van der Waals surface area (Å²) in [5.41, 5.74) is 6.85. The molecule has 3 atom stereocenters. The van der Waals surface area contributed by atoms with E-state index in [9.17, 15) is 4.39 Å². The highest BCUT2D eigenvalue weighted by molar-refractivity contribution is 5.18. The topological polar surface area (TPSA) is 38.9 Å². The van der Waals surface area contributed by atoms with E-state index in [-0.39, 0.29) is 11.9 Å². The van der Waals surface area contributed by atoms with Gasteiger partial charge in [-0.2, -0.15) is 0 Å². The molecule has 3 heteroatoms. The molecule has 76 valence electrons. The van der Waals surface area contributed by atoms with Crippen molar-refractivity contribution in [3.05, 3.63) is 29.8 Å². The maximum atomic E-state index is 12.9. The molecule has 1 aromatic rings. The van der Waals surface area contributed by atoms with E-state index in [2.05, 4.69) is 11.9 Å². The van der Waals surface area contributed by atoms with Crippen LogP contribution in [-0.2, 0) is 0 Å². The highest BCUT2D eigenvalue weighted by Gasteiger charge is 2.40. The smallest absolute Gasteiger partial charge is 0.141 e. The first kappa shape index (κ1) is 9.59. The third-order valence-electron chi connectivity index (χ3n) is 3.07. The van der Waals surface area contributed by atoms with Gasteiger partial charge in [0.2, 0.25) is 0 Å². The molecule has 0 aliphatic heterocycles. The fraction of sp³-hybridized carbons (Fsp3) is 0.545. The highest BCUT2D eigenvalue weighted by atomic mass is 19.1. The molecule has 1 saturated carbocycles. The molecule has 0 radical (unpaired) electrons. The van der Waals surface area contributed by atoms with Gasteiger partial charge >= 0.3 is 0 Å². The molecule has 14 heavy (non-hydrogen) atoms. The molecule has 3 unspecified atom stereocenters.